The number of nitrogens with zero attached hydrogens (tertiary/aromatic N) is 2. The molecule has 0 aliphatic carbocycles. The van der Waals surface area contributed by atoms with Crippen LogP contribution >= 0.6 is 0 Å². The third-order valence-corrected chi connectivity index (χ3v) is 3.04. The van der Waals surface area contributed by atoms with Crippen molar-refractivity contribution in [1.82, 2.24) is 9.97 Å². The van der Waals surface area contributed by atoms with Gasteiger partial charge in [-0.2, -0.15) is 0 Å². The van der Waals surface area contributed by atoms with Crippen molar-refractivity contribution in [2.45, 2.75) is 38.6 Å². The van der Waals surface area contributed by atoms with Crippen molar-refractivity contribution in [1.29, 1.82) is 0 Å². The van der Waals surface area contributed by atoms with Crippen LogP contribution in [0.15, 0.2) is 12.4 Å². The lowest BCUT2D eigenvalue weighted by Crippen LogP contribution is -2.15. The third-order valence-electron chi connectivity index (χ3n) is 3.04. The summed E-state index contributed by atoms with van der Waals surface area (Å²) in [4.78, 5) is 8.56. The molecule has 88 valence electrons. The van der Waals surface area contributed by atoms with Gasteiger partial charge >= 0.3 is 0 Å². The van der Waals surface area contributed by atoms with Crippen LogP contribution in [0.5, 0.6) is 0 Å². The minimum atomic E-state index is 0.445. The highest BCUT2D eigenvalue weighted by Gasteiger charge is 2.19. The highest BCUT2D eigenvalue weighted by Crippen LogP contribution is 2.24. The van der Waals surface area contributed by atoms with Crippen LogP contribution in [0.1, 0.15) is 38.3 Å². The number of anilines is 1. The highest BCUT2D eigenvalue weighted by molar-refractivity contribution is 5.36. The van der Waals surface area contributed by atoms with Gasteiger partial charge in [0, 0.05) is 24.6 Å². The number of ether oxygens (including phenoxy) is 1. The Hall–Kier alpha value is -1.16. The van der Waals surface area contributed by atoms with Gasteiger partial charge in [0.15, 0.2) is 0 Å². The average Bonchev–Trinajstić information content (AvgIpc) is 2.83. The molecule has 0 amide bonds. The van der Waals surface area contributed by atoms with Gasteiger partial charge in [0.2, 0.25) is 0 Å². The summed E-state index contributed by atoms with van der Waals surface area (Å²) < 4.78 is 5.37. The summed E-state index contributed by atoms with van der Waals surface area (Å²) in [7, 11) is 0. The predicted molar refractivity (Wildman–Crippen MR) is 63.6 cm³/mol. The lowest BCUT2D eigenvalue weighted by atomic mass is 10.0. The Morgan fingerprint density at radius 1 is 1.56 bits per heavy atom. The Balaban J connectivity index is 2.06. The van der Waals surface area contributed by atoms with E-state index >= 15 is 0 Å². The van der Waals surface area contributed by atoms with Gasteiger partial charge < -0.3 is 10.1 Å². The molecule has 1 aliphatic heterocycles. The van der Waals surface area contributed by atoms with Gasteiger partial charge in [0.25, 0.3) is 0 Å². The van der Waals surface area contributed by atoms with E-state index in [1.54, 1.807) is 6.33 Å². The molecular weight excluding hydrogens is 202 g/mol. The molecule has 1 fully saturated rings. The summed E-state index contributed by atoms with van der Waals surface area (Å²) in [6.45, 7) is 5.95. The van der Waals surface area contributed by atoms with Gasteiger partial charge in [-0.05, 0) is 19.8 Å². The second-order valence-electron chi connectivity index (χ2n) is 4.34. The number of hydrogen-bond donors (Lipinski definition) is 1. The maximum atomic E-state index is 5.37. The van der Waals surface area contributed by atoms with Crippen LogP contribution in [0.25, 0.3) is 0 Å². The van der Waals surface area contributed by atoms with Crippen molar-refractivity contribution >= 4 is 5.82 Å². The lowest BCUT2D eigenvalue weighted by Gasteiger charge is -2.13. The SMILES string of the molecule is CCC(C)Nc1cc(C2CCOC2)ncn1. The predicted octanol–water partition coefficient (Wildman–Crippen LogP) is 2.19. The maximum absolute atomic E-state index is 5.37. The molecule has 2 rings (SSSR count). The van der Waals surface area contributed by atoms with Crippen LogP contribution in [0.3, 0.4) is 0 Å². The number of aromatic nitrogens is 2. The minimum Gasteiger partial charge on any atom is -0.381 e. The molecule has 4 nitrogen and oxygen atoms in total. The van der Waals surface area contributed by atoms with Crippen LogP contribution in [0.2, 0.25) is 0 Å². The van der Waals surface area contributed by atoms with E-state index in [0.717, 1.165) is 37.6 Å². The van der Waals surface area contributed by atoms with E-state index in [0.29, 0.717) is 12.0 Å². The Morgan fingerprint density at radius 3 is 3.12 bits per heavy atom. The molecule has 0 spiro atoms. The van der Waals surface area contributed by atoms with E-state index in [1.165, 1.54) is 0 Å². The molecule has 16 heavy (non-hydrogen) atoms. The van der Waals surface area contributed by atoms with E-state index in [9.17, 15) is 0 Å². The van der Waals surface area contributed by atoms with Crippen molar-refractivity contribution < 1.29 is 4.74 Å². The first-order valence-corrected chi connectivity index (χ1v) is 5.95. The molecule has 1 aromatic heterocycles. The van der Waals surface area contributed by atoms with Crippen molar-refractivity contribution in [2.24, 2.45) is 0 Å². The number of rotatable bonds is 4. The van der Waals surface area contributed by atoms with Crippen LogP contribution < -0.4 is 5.32 Å². The van der Waals surface area contributed by atoms with Crippen LogP contribution in [0, 0.1) is 0 Å². The van der Waals surface area contributed by atoms with Crippen LogP contribution in [-0.2, 0) is 4.74 Å². The Labute approximate surface area is 96.4 Å². The van der Waals surface area contributed by atoms with Crippen molar-refractivity contribution in [2.75, 3.05) is 18.5 Å². The van der Waals surface area contributed by atoms with Crippen molar-refractivity contribution in [3.63, 3.8) is 0 Å². The molecule has 0 bridgehead atoms. The fraction of sp³-hybridized carbons (Fsp3) is 0.667. The summed E-state index contributed by atoms with van der Waals surface area (Å²) >= 11 is 0. The van der Waals surface area contributed by atoms with Gasteiger partial charge in [-0.3, -0.25) is 0 Å². The van der Waals surface area contributed by atoms with Gasteiger partial charge in [0.1, 0.15) is 12.1 Å². The zero-order chi connectivity index (χ0) is 11.4. The Kier molecular flexibility index (Phi) is 3.72. The second-order valence-corrected chi connectivity index (χ2v) is 4.34. The minimum absolute atomic E-state index is 0.445. The molecule has 0 saturated carbocycles. The number of hydrogen-bond acceptors (Lipinski definition) is 4. The van der Waals surface area contributed by atoms with Gasteiger partial charge in [-0.25, -0.2) is 9.97 Å². The first-order valence-electron chi connectivity index (χ1n) is 5.95. The van der Waals surface area contributed by atoms with Gasteiger partial charge in [-0.15, -0.1) is 0 Å². The normalized spacial score (nSPS) is 22.0. The van der Waals surface area contributed by atoms with Crippen molar-refractivity contribution in [3.05, 3.63) is 18.1 Å². The van der Waals surface area contributed by atoms with E-state index in [2.05, 4.69) is 29.1 Å². The zero-order valence-corrected chi connectivity index (χ0v) is 9.94. The molecule has 2 atom stereocenters. The quantitative estimate of drug-likeness (QED) is 0.846. The van der Waals surface area contributed by atoms with E-state index < -0.39 is 0 Å². The highest BCUT2D eigenvalue weighted by atomic mass is 16.5. The summed E-state index contributed by atoms with van der Waals surface area (Å²) in [5.74, 6) is 1.37. The van der Waals surface area contributed by atoms with E-state index in [-0.39, 0.29) is 0 Å². The smallest absolute Gasteiger partial charge is 0.129 e. The summed E-state index contributed by atoms with van der Waals surface area (Å²) in [5.41, 5.74) is 1.10. The van der Waals surface area contributed by atoms with Crippen LogP contribution in [0.4, 0.5) is 5.82 Å². The molecule has 0 aromatic carbocycles. The fourth-order valence-corrected chi connectivity index (χ4v) is 1.80. The Bertz CT molecular complexity index is 337. The first kappa shape index (κ1) is 11.3. The molecule has 1 aliphatic rings. The maximum Gasteiger partial charge on any atom is 0.129 e. The van der Waals surface area contributed by atoms with E-state index in [4.69, 9.17) is 4.74 Å². The number of nitrogens with one attached hydrogen (secondary N) is 1. The van der Waals surface area contributed by atoms with Crippen LogP contribution in [-0.4, -0.2) is 29.2 Å². The summed E-state index contributed by atoms with van der Waals surface area (Å²) in [5, 5.41) is 3.36. The van der Waals surface area contributed by atoms with E-state index in [1.807, 2.05) is 6.07 Å². The zero-order valence-electron chi connectivity index (χ0n) is 9.94. The molecular formula is C12H19N3O. The molecule has 2 heterocycles. The molecule has 1 N–H and O–H groups in total. The Morgan fingerprint density at radius 2 is 2.44 bits per heavy atom. The summed E-state index contributed by atoms with van der Waals surface area (Å²) in [6.07, 6.45) is 3.80. The first-order chi connectivity index (χ1) is 7.79. The molecule has 2 unspecified atom stereocenters. The lowest BCUT2D eigenvalue weighted by molar-refractivity contribution is 0.193. The fourth-order valence-electron chi connectivity index (χ4n) is 1.80. The topological polar surface area (TPSA) is 47.0 Å². The molecule has 1 aromatic rings. The average molecular weight is 221 g/mol. The standard InChI is InChI=1S/C12H19N3O/c1-3-9(2)15-12-6-11(13-8-14-12)10-4-5-16-7-10/h6,8-10H,3-5,7H2,1-2H3,(H,13,14,15). The van der Waals surface area contributed by atoms with Crippen molar-refractivity contribution in [3.8, 4) is 0 Å². The molecule has 4 heteroatoms. The second kappa shape index (κ2) is 5.25. The monoisotopic (exact) mass is 221 g/mol. The van der Waals surface area contributed by atoms with Gasteiger partial charge in [0.05, 0.1) is 12.3 Å². The van der Waals surface area contributed by atoms with Gasteiger partial charge in [-0.1, -0.05) is 6.92 Å². The molecule has 1 saturated heterocycles. The molecule has 0 radical (unpaired) electrons. The largest absolute Gasteiger partial charge is 0.381 e. The third kappa shape index (κ3) is 2.70. The summed E-state index contributed by atoms with van der Waals surface area (Å²) in [6, 6.07) is 2.49.